The summed E-state index contributed by atoms with van der Waals surface area (Å²) in [7, 11) is 0. The van der Waals surface area contributed by atoms with Gasteiger partial charge in [-0.1, -0.05) is 0 Å². The van der Waals surface area contributed by atoms with Crippen molar-refractivity contribution in [1.29, 1.82) is 0 Å². The van der Waals surface area contributed by atoms with Crippen LogP contribution in [-0.4, -0.2) is 19.8 Å². The van der Waals surface area contributed by atoms with Gasteiger partial charge in [0.1, 0.15) is 0 Å². The predicted octanol–water partition coefficient (Wildman–Crippen LogP) is 9.13. The van der Waals surface area contributed by atoms with Gasteiger partial charge in [0.25, 0.3) is 0 Å². The van der Waals surface area contributed by atoms with Crippen LogP contribution in [0.15, 0.2) is 0 Å². The Kier molecular flexibility index (Phi) is 18.8. The maximum atomic E-state index is 2.37. The van der Waals surface area contributed by atoms with E-state index in [9.17, 15) is 0 Å². The van der Waals surface area contributed by atoms with Crippen LogP contribution in [0, 0.1) is 17.8 Å². The van der Waals surface area contributed by atoms with Crippen LogP contribution < -0.4 is 0 Å². The molecule has 0 amide bonds. The monoisotopic (exact) mass is 459 g/mol. The molecule has 0 atom stereocenters. The van der Waals surface area contributed by atoms with E-state index in [1.165, 1.54) is 57.8 Å². The van der Waals surface area contributed by atoms with Crippen molar-refractivity contribution in [3.8, 4) is 0 Å². The molecule has 150 valence electrons. The van der Waals surface area contributed by atoms with Gasteiger partial charge in [0.2, 0.25) is 0 Å². The quantitative estimate of drug-likeness (QED) is 0.142. The maximum absolute atomic E-state index is 2.37. The zero-order valence-corrected chi connectivity index (χ0v) is 21.7. The molecule has 0 bridgehead atoms. The fraction of sp³-hybridized carbons (Fsp3) is 1.00. The Bertz CT molecular complexity index is 214. The zero-order valence-electron chi connectivity index (χ0n) is 18.8. The van der Waals surface area contributed by atoms with E-state index in [4.69, 9.17) is 0 Å². The van der Waals surface area contributed by atoms with Crippen LogP contribution in [0.5, 0.6) is 0 Å². The van der Waals surface area contributed by atoms with Crippen LogP contribution in [0.1, 0.15) is 119 Å². The summed E-state index contributed by atoms with van der Waals surface area (Å²) >= 11 is -1.04. The summed E-state index contributed by atoms with van der Waals surface area (Å²) in [5.41, 5.74) is 0. The van der Waals surface area contributed by atoms with Crippen molar-refractivity contribution in [2.75, 3.05) is 0 Å². The van der Waals surface area contributed by atoms with Crippen LogP contribution in [-0.2, 0) is 0 Å². The minimum atomic E-state index is -1.04. The number of hydrogen-bond donors (Lipinski definition) is 0. The average molecular weight is 458 g/mol. The second-order valence-electron chi connectivity index (χ2n) is 9.73. The van der Waals surface area contributed by atoms with Gasteiger partial charge < -0.3 is 0 Å². The Balaban J connectivity index is 3.87. The fourth-order valence-electron chi connectivity index (χ4n) is 3.69. The standard InChI is InChI=1S/3C8H17.Sn/c3*1-4-5-6-7-8(2)3;/h3*8H,1,4-7H2,2-3H3;/q;;;+1. The Morgan fingerprint density at radius 1 is 0.400 bits per heavy atom. The van der Waals surface area contributed by atoms with Gasteiger partial charge in [-0.3, -0.25) is 0 Å². The van der Waals surface area contributed by atoms with E-state index in [-0.39, 0.29) is 0 Å². The van der Waals surface area contributed by atoms with E-state index in [0.717, 1.165) is 17.8 Å². The third-order valence-electron chi connectivity index (χ3n) is 5.44. The van der Waals surface area contributed by atoms with Crippen molar-refractivity contribution in [1.82, 2.24) is 0 Å². The summed E-state index contributed by atoms with van der Waals surface area (Å²) in [6.45, 7) is 14.2. The van der Waals surface area contributed by atoms with Crippen LogP contribution in [0.3, 0.4) is 0 Å². The first-order chi connectivity index (χ1) is 11.9. The SMILES string of the molecule is CC(C)CCCC[CH2][Sn+]([CH2]CCCCC(C)C)[CH2]CCCCC(C)C. The molecule has 0 spiro atoms. The van der Waals surface area contributed by atoms with E-state index >= 15 is 0 Å². The van der Waals surface area contributed by atoms with Gasteiger partial charge in [-0.05, 0) is 0 Å². The number of unbranched alkanes of at least 4 members (excludes halogenated alkanes) is 6. The molecule has 1 heteroatoms. The number of rotatable bonds is 18. The van der Waals surface area contributed by atoms with Crippen LogP contribution in [0.4, 0.5) is 0 Å². The predicted molar refractivity (Wildman–Crippen MR) is 120 cm³/mol. The summed E-state index contributed by atoms with van der Waals surface area (Å²) in [6.07, 6.45) is 18.0. The Morgan fingerprint density at radius 3 is 0.920 bits per heavy atom. The van der Waals surface area contributed by atoms with Crippen molar-refractivity contribution in [3.05, 3.63) is 0 Å². The van der Waals surface area contributed by atoms with E-state index in [2.05, 4.69) is 41.5 Å². The zero-order chi connectivity index (χ0) is 18.9. The third kappa shape index (κ3) is 21.0. The van der Waals surface area contributed by atoms with Crippen LogP contribution >= 0.6 is 0 Å². The van der Waals surface area contributed by atoms with E-state index < -0.39 is 19.8 Å². The summed E-state index contributed by atoms with van der Waals surface area (Å²) in [4.78, 5) is 0. The molecule has 0 saturated carbocycles. The molecule has 0 aromatic rings. The first-order valence-corrected chi connectivity index (χ1v) is 17.8. The molecule has 0 saturated heterocycles. The Hall–Kier alpha value is 0.799. The molecule has 0 aliphatic carbocycles. The van der Waals surface area contributed by atoms with Gasteiger partial charge in [0.05, 0.1) is 0 Å². The fourth-order valence-corrected chi connectivity index (χ4v) is 12.3. The molecule has 0 fully saturated rings. The van der Waals surface area contributed by atoms with Gasteiger partial charge in [0.15, 0.2) is 0 Å². The van der Waals surface area contributed by atoms with Crippen molar-refractivity contribution < 1.29 is 0 Å². The Labute approximate surface area is 169 Å². The molecule has 0 aliphatic rings. The molecular formula is C24H51Sn+. The van der Waals surface area contributed by atoms with Gasteiger partial charge in [-0.25, -0.2) is 0 Å². The van der Waals surface area contributed by atoms with Crippen molar-refractivity contribution in [2.45, 2.75) is 132 Å². The molecule has 0 N–H and O–H groups in total. The van der Waals surface area contributed by atoms with Gasteiger partial charge in [-0.2, -0.15) is 0 Å². The summed E-state index contributed by atoms with van der Waals surface area (Å²) in [6, 6.07) is 0. The molecule has 0 nitrogen and oxygen atoms in total. The van der Waals surface area contributed by atoms with Gasteiger partial charge in [0, 0.05) is 0 Å². The third-order valence-corrected chi connectivity index (χ3v) is 14.5. The van der Waals surface area contributed by atoms with E-state index in [0.29, 0.717) is 0 Å². The molecule has 0 radical (unpaired) electrons. The molecule has 25 heavy (non-hydrogen) atoms. The van der Waals surface area contributed by atoms with Gasteiger partial charge in [-0.15, -0.1) is 0 Å². The van der Waals surface area contributed by atoms with E-state index in [1.54, 1.807) is 32.6 Å². The molecule has 0 aromatic carbocycles. The Morgan fingerprint density at radius 2 is 0.680 bits per heavy atom. The minimum absolute atomic E-state index is 0.903. The first kappa shape index (κ1) is 25.8. The molecule has 0 rings (SSSR count). The van der Waals surface area contributed by atoms with Crippen LogP contribution in [0.25, 0.3) is 0 Å². The topological polar surface area (TPSA) is 0 Å². The second kappa shape index (κ2) is 18.2. The summed E-state index contributed by atoms with van der Waals surface area (Å²) in [5, 5.41) is 0. The molecule has 0 aromatic heterocycles. The van der Waals surface area contributed by atoms with E-state index in [1.807, 2.05) is 0 Å². The van der Waals surface area contributed by atoms with Crippen LogP contribution in [0.2, 0.25) is 13.3 Å². The van der Waals surface area contributed by atoms with Crippen molar-refractivity contribution in [2.24, 2.45) is 17.8 Å². The van der Waals surface area contributed by atoms with Crippen molar-refractivity contribution in [3.63, 3.8) is 0 Å². The molecule has 0 aliphatic heterocycles. The normalized spacial score (nSPS) is 11.9. The second-order valence-corrected chi connectivity index (χ2v) is 18.3. The molecular weight excluding hydrogens is 407 g/mol. The first-order valence-electron chi connectivity index (χ1n) is 11.7. The summed E-state index contributed by atoms with van der Waals surface area (Å²) < 4.78 is 5.11. The van der Waals surface area contributed by atoms with Crippen molar-refractivity contribution >= 4 is 19.8 Å². The molecule has 0 unspecified atom stereocenters. The summed E-state index contributed by atoms with van der Waals surface area (Å²) in [5.74, 6) is 2.71. The molecule has 0 heterocycles. The van der Waals surface area contributed by atoms with Gasteiger partial charge >= 0.3 is 169 Å². The average Bonchev–Trinajstić information content (AvgIpc) is 2.52. The number of hydrogen-bond acceptors (Lipinski definition) is 0.